The van der Waals surface area contributed by atoms with Gasteiger partial charge in [-0.15, -0.1) is 5.10 Å². The van der Waals surface area contributed by atoms with E-state index in [1.807, 2.05) is 13.8 Å². The Morgan fingerprint density at radius 3 is 2.83 bits per heavy atom. The molecule has 1 fully saturated rings. The molecule has 1 aliphatic heterocycles. The molecular weight excluding hydrogens is 300 g/mol. The van der Waals surface area contributed by atoms with Gasteiger partial charge in [-0.1, -0.05) is 12.1 Å². The van der Waals surface area contributed by atoms with Gasteiger partial charge < -0.3 is 9.47 Å². The molecule has 0 aromatic carbocycles. The van der Waals surface area contributed by atoms with Gasteiger partial charge in [-0.3, -0.25) is 14.5 Å². The minimum atomic E-state index is -0.240. The van der Waals surface area contributed by atoms with Crippen molar-refractivity contribution in [3.63, 3.8) is 0 Å². The van der Waals surface area contributed by atoms with Crippen molar-refractivity contribution >= 4 is 11.8 Å². The second kappa shape index (κ2) is 8.16. The van der Waals surface area contributed by atoms with Crippen molar-refractivity contribution in [3.05, 3.63) is 11.9 Å². The summed E-state index contributed by atoms with van der Waals surface area (Å²) in [5.74, 6) is -0.529. The highest BCUT2D eigenvalue weighted by Gasteiger charge is 2.35. The maximum Gasteiger partial charge on any atom is 0.232 e. The molecule has 1 saturated heterocycles. The highest BCUT2D eigenvalue weighted by molar-refractivity contribution is 6.03. The fourth-order valence-electron chi connectivity index (χ4n) is 2.45. The summed E-state index contributed by atoms with van der Waals surface area (Å²) in [6.45, 7) is 8.17. The van der Waals surface area contributed by atoms with Crippen molar-refractivity contribution in [2.45, 2.75) is 46.4 Å². The molecule has 23 heavy (non-hydrogen) atoms. The van der Waals surface area contributed by atoms with Crippen molar-refractivity contribution < 1.29 is 19.1 Å². The Morgan fingerprint density at radius 2 is 2.17 bits per heavy atom. The average molecular weight is 324 g/mol. The third-order valence-electron chi connectivity index (χ3n) is 3.65. The van der Waals surface area contributed by atoms with Crippen LogP contribution in [-0.2, 0) is 32.2 Å². The summed E-state index contributed by atoms with van der Waals surface area (Å²) >= 11 is 0. The molecule has 2 atom stereocenters. The average Bonchev–Trinajstić information content (AvgIpc) is 3.04. The number of ether oxygens (including phenoxy) is 2. The molecule has 8 heteroatoms. The molecule has 0 aliphatic carbocycles. The first-order valence-electron chi connectivity index (χ1n) is 7.93. The van der Waals surface area contributed by atoms with E-state index in [4.69, 9.17) is 9.47 Å². The van der Waals surface area contributed by atoms with Crippen LogP contribution in [0.3, 0.4) is 0 Å². The molecule has 128 valence electrons. The maximum atomic E-state index is 11.9. The Morgan fingerprint density at radius 1 is 1.39 bits per heavy atom. The van der Waals surface area contributed by atoms with Crippen LogP contribution in [0.4, 0.5) is 0 Å². The van der Waals surface area contributed by atoms with Crippen LogP contribution in [0.15, 0.2) is 6.20 Å². The maximum absolute atomic E-state index is 11.9. The molecule has 1 aliphatic rings. The standard InChI is InChI=1S/C15H24N4O4/c1-4-22-5-6-23-12(3)8-18-9-13(16-17-18)10-19-14(20)7-11(2)15(19)21/h9,11-12H,4-8,10H2,1-3H3. The number of nitrogens with zero attached hydrogens (tertiary/aromatic N) is 4. The number of carbonyl (C=O) groups excluding carboxylic acids is 2. The zero-order valence-corrected chi connectivity index (χ0v) is 13.9. The van der Waals surface area contributed by atoms with Crippen LogP contribution in [0.25, 0.3) is 0 Å². The Balaban J connectivity index is 1.81. The molecule has 2 amide bonds. The fraction of sp³-hybridized carbons (Fsp3) is 0.733. The summed E-state index contributed by atoms with van der Waals surface area (Å²) in [7, 11) is 0. The molecule has 0 radical (unpaired) electrons. The number of amides is 2. The van der Waals surface area contributed by atoms with E-state index in [2.05, 4.69) is 10.3 Å². The van der Waals surface area contributed by atoms with E-state index in [0.29, 0.717) is 32.1 Å². The van der Waals surface area contributed by atoms with Crippen molar-refractivity contribution in [1.29, 1.82) is 0 Å². The molecule has 2 heterocycles. The lowest BCUT2D eigenvalue weighted by molar-refractivity contribution is -0.140. The lowest BCUT2D eigenvalue weighted by Gasteiger charge is -2.13. The van der Waals surface area contributed by atoms with E-state index in [1.165, 1.54) is 4.90 Å². The van der Waals surface area contributed by atoms with E-state index in [9.17, 15) is 9.59 Å². The number of likely N-dealkylation sites (tertiary alicyclic amines) is 1. The van der Waals surface area contributed by atoms with E-state index in [-0.39, 0.29) is 36.8 Å². The number of hydrogen-bond donors (Lipinski definition) is 0. The molecule has 2 rings (SSSR count). The van der Waals surface area contributed by atoms with Gasteiger partial charge in [0.05, 0.1) is 38.6 Å². The Bertz CT molecular complexity index is 545. The molecule has 1 aromatic heterocycles. The lowest BCUT2D eigenvalue weighted by atomic mass is 10.1. The van der Waals surface area contributed by atoms with Gasteiger partial charge >= 0.3 is 0 Å². The monoisotopic (exact) mass is 324 g/mol. The van der Waals surface area contributed by atoms with Gasteiger partial charge in [0.15, 0.2) is 0 Å². The van der Waals surface area contributed by atoms with Gasteiger partial charge in [0, 0.05) is 18.9 Å². The summed E-state index contributed by atoms with van der Waals surface area (Å²) in [6.07, 6.45) is 1.99. The van der Waals surface area contributed by atoms with Crippen LogP contribution >= 0.6 is 0 Å². The van der Waals surface area contributed by atoms with Gasteiger partial charge in [0.2, 0.25) is 11.8 Å². The molecule has 0 spiro atoms. The first kappa shape index (κ1) is 17.6. The van der Waals surface area contributed by atoms with Gasteiger partial charge in [-0.25, -0.2) is 4.68 Å². The summed E-state index contributed by atoms with van der Waals surface area (Å²) in [4.78, 5) is 24.9. The van der Waals surface area contributed by atoms with Crippen molar-refractivity contribution in [2.75, 3.05) is 19.8 Å². The second-order valence-corrected chi connectivity index (χ2v) is 5.73. The number of aromatic nitrogens is 3. The van der Waals surface area contributed by atoms with E-state index >= 15 is 0 Å². The lowest BCUT2D eigenvalue weighted by Crippen LogP contribution is -2.29. The topological polar surface area (TPSA) is 86.5 Å². The number of hydrogen-bond acceptors (Lipinski definition) is 6. The predicted molar refractivity (Wildman–Crippen MR) is 81.3 cm³/mol. The summed E-state index contributed by atoms with van der Waals surface area (Å²) < 4.78 is 12.5. The minimum Gasteiger partial charge on any atom is -0.379 e. The van der Waals surface area contributed by atoms with E-state index in [1.54, 1.807) is 17.8 Å². The van der Waals surface area contributed by atoms with Gasteiger partial charge in [0.25, 0.3) is 0 Å². The molecule has 0 saturated carbocycles. The zero-order chi connectivity index (χ0) is 16.8. The molecule has 0 bridgehead atoms. The molecule has 1 aromatic rings. The van der Waals surface area contributed by atoms with Crippen LogP contribution in [0.1, 0.15) is 32.9 Å². The SMILES string of the molecule is CCOCCOC(C)Cn1cc(CN2C(=O)CC(C)C2=O)nn1. The second-order valence-electron chi connectivity index (χ2n) is 5.73. The minimum absolute atomic E-state index is 0.0277. The molecule has 2 unspecified atom stereocenters. The number of carbonyl (C=O) groups is 2. The van der Waals surface area contributed by atoms with Crippen molar-refractivity contribution in [2.24, 2.45) is 5.92 Å². The Hall–Kier alpha value is -1.80. The molecular formula is C15H24N4O4. The van der Waals surface area contributed by atoms with Crippen LogP contribution < -0.4 is 0 Å². The van der Waals surface area contributed by atoms with Crippen molar-refractivity contribution in [3.8, 4) is 0 Å². The largest absolute Gasteiger partial charge is 0.379 e. The van der Waals surface area contributed by atoms with E-state index in [0.717, 1.165) is 0 Å². The van der Waals surface area contributed by atoms with Gasteiger partial charge in [-0.2, -0.15) is 0 Å². The third-order valence-corrected chi connectivity index (χ3v) is 3.65. The Labute approximate surface area is 135 Å². The highest BCUT2D eigenvalue weighted by Crippen LogP contribution is 2.20. The third kappa shape index (κ3) is 4.84. The fourth-order valence-corrected chi connectivity index (χ4v) is 2.45. The molecule has 0 N–H and O–H groups in total. The number of imide groups is 1. The summed E-state index contributed by atoms with van der Waals surface area (Å²) in [5.41, 5.74) is 0.599. The van der Waals surface area contributed by atoms with Crippen molar-refractivity contribution in [1.82, 2.24) is 19.9 Å². The first-order valence-corrected chi connectivity index (χ1v) is 7.93. The number of rotatable bonds is 9. The van der Waals surface area contributed by atoms with Crippen LogP contribution in [0.5, 0.6) is 0 Å². The Kier molecular flexibility index (Phi) is 6.23. The first-order chi connectivity index (χ1) is 11.0. The quantitative estimate of drug-likeness (QED) is 0.489. The smallest absolute Gasteiger partial charge is 0.232 e. The van der Waals surface area contributed by atoms with Gasteiger partial charge in [-0.05, 0) is 13.8 Å². The molecule has 8 nitrogen and oxygen atoms in total. The zero-order valence-electron chi connectivity index (χ0n) is 13.9. The van der Waals surface area contributed by atoms with Gasteiger partial charge in [0.1, 0.15) is 5.69 Å². The normalized spacial score (nSPS) is 19.6. The predicted octanol–water partition coefficient (Wildman–Crippen LogP) is 0.615. The van der Waals surface area contributed by atoms with Crippen LogP contribution in [0.2, 0.25) is 0 Å². The highest BCUT2D eigenvalue weighted by atomic mass is 16.5. The van der Waals surface area contributed by atoms with E-state index < -0.39 is 0 Å². The summed E-state index contributed by atoms with van der Waals surface area (Å²) in [5, 5.41) is 8.04. The summed E-state index contributed by atoms with van der Waals surface area (Å²) in [6, 6.07) is 0. The van der Waals surface area contributed by atoms with Crippen LogP contribution in [-0.4, -0.2) is 57.6 Å². The van der Waals surface area contributed by atoms with Crippen LogP contribution in [0, 0.1) is 5.92 Å².